The Kier molecular flexibility index (Phi) is 7.13. The van der Waals surface area contributed by atoms with Gasteiger partial charge in [-0.2, -0.15) is 5.26 Å². The average molecular weight is 437 g/mol. The second-order valence-corrected chi connectivity index (χ2v) is 7.34. The smallest absolute Gasteiger partial charge is 0.266 e. The minimum Gasteiger partial charge on any atom is -0.488 e. The molecule has 0 spiro atoms. The van der Waals surface area contributed by atoms with Crippen molar-refractivity contribution in [3.63, 3.8) is 0 Å². The van der Waals surface area contributed by atoms with E-state index in [1.165, 1.54) is 6.08 Å². The van der Waals surface area contributed by atoms with Crippen LogP contribution < -0.4 is 10.1 Å². The lowest BCUT2D eigenvalue weighted by atomic mass is 10.1. The Hall–Kier alpha value is -3.26. The van der Waals surface area contributed by atoms with Gasteiger partial charge in [0.2, 0.25) is 0 Å². The van der Waals surface area contributed by atoms with E-state index in [4.69, 9.17) is 27.9 Å². The van der Waals surface area contributed by atoms with Gasteiger partial charge in [-0.1, -0.05) is 65.7 Å². The molecule has 0 saturated heterocycles. The number of carbonyl (C=O) groups excluding carboxylic acids is 1. The molecule has 0 bridgehead atoms. The zero-order valence-electron chi connectivity index (χ0n) is 16.2. The van der Waals surface area contributed by atoms with Gasteiger partial charge >= 0.3 is 0 Å². The summed E-state index contributed by atoms with van der Waals surface area (Å²) < 4.78 is 5.89. The van der Waals surface area contributed by atoms with E-state index in [1.807, 2.05) is 43.3 Å². The van der Waals surface area contributed by atoms with Crippen LogP contribution in [0.3, 0.4) is 0 Å². The van der Waals surface area contributed by atoms with Crippen molar-refractivity contribution in [2.24, 2.45) is 0 Å². The molecule has 0 aliphatic rings. The van der Waals surface area contributed by atoms with E-state index in [0.717, 1.165) is 11.1 Å². The highest BCUT2D eigenvalue weighted by Gasteiger charge is 2.12. The lowest BCUT2D eigenvalue weighted by Crippen LogP contribution is -2.14. The van der Waals surface area contributed by atoms with Crippen LogP contribution in [-0.2, 0) is 11.4 Å². The number of nitrogens with one attached hydrogen (secondary N) is 1. The topological polar surface area (TPSA) is 62.1 Å². The molecule has 0 aliphatic heterocycles. The van der Waals surface area contributed by atoms with Crippen molar-refractivity contribution >= 4 is 40.9 Å². The highest BCUT2D eigenvalue weighted by molar-refractivity contribution is 6.35. The van der Waals surface area contributed by atoms with Crippen molar-refractivity contribution in [1.82, 2.24) is 0 Å². The van der Waals surface area contributed by atoms with Crippen molar-refractivity contribution in [3.05, 3.63) is 99.0 Å². The van der Waals surface area contributed by atoms with Crippen molar-refractivity contribution in [2.45, 2.75) is 13.5 Å². The summed E-state index contributed by atoms with van der Waals surface area (Å²) in [5, 5.41) is 13.3. The van der Waals surface area contributed by atoms with Gasteiger partial charge in [0.25, 0.3) is 5.91 Å². The van der Waals surface area contributed by atoms with Crippen molar-refractivity contribution < 1.29 is 9.53 Å². The van der Waals surface area contributed by atoms with Crippen LogP contribution in [0.25, 0.3) is 6.08 Å². The number of carbonyl (C=O) groups is 1. The Labute approximate surface area is 185 Å². The maximum atomic E-state index is 12.6. The van der Waals surface area contributed by atoms with Crippen LogP contribution in [0.1, 0.15) is 16.7 Å². The second-order valence-electron chi connectivity index (χ2n) is 6.50. The summed E-state index contributed by atoms with van der Waals surface area (Å²) in [5.74, 6) is 0.0438. The first-order chi connectivity index (χ1) is 14.5. The molecule has 3 rings (SSSR count). The van der Waals surface area contributed by atoms with Crippen LogP contribution >= 0.6 is 23.2 Å². The van der Waals surface area contributed by atoms with Crippen LogP contribution in [-0.4, -0.2) is 5.91 Å². The number of nitriles is 1. The number of rotatable bonds is 6. The molecule has 0 unspecified atom stereocenters. The lowest BCUT2D eigenvalue weighted by Gasteiger charge is -2.11. The fourth-order valence-electron chi connectivity index (χ4n) is 2.73. The predicted molar refractivity (Wildman–Crippen MR) is 121 cm³/mol. The number of amides is 1. The van der Waals surface area contributed by atoms with Gasteiger partial charge in [-0.3, -0.25) is 4.79 Å². The standard InChI is InChI=1S/C24H18Cl2N2O2/c1-16-6-2-4-8-22(16)28-24(29)19(14-27)12-17-7-3-5-9-23(17)30-15-18-10-11-20(25)13-21(18)26/h2-13H,15H2,1H3,(H,28,29)/b19-12+. The number of anilines is 1. The van der Waals surface area contributed by atoms with Gasteiger partial charge < -0.3 is 10.1 Å². The fraction of sp³-hybridized carbons (Fsp3) is 0.0833. The Morgan fingerprint density at radius 1 is 1.10 bits per heavy atom. The zero-order chi connectivity index (χ0) is 21.5. The minimum absolute atomic E-state index is 0.0289. The van der Waals surface area contributed by atoms with Crippen LogP contribution in [0.15, 0.2) is 72.3 Å². The first-order valence-corrected chi connectivity index (χ1v) is 9.88. The third-order valence-corrected chi connectivity index (χ3v) is 4.96. The van der Waals surface area contributed by atoms with Gasteiger partial charge in [0.1, 0.15) is 24.0 Å². The first-order valence-electron chi connectivity index (χ1n) is 9.12. The average Bonchev–Trinajstić information content (AvgIpc) is 2.73. The summed E-state index contributed by atoms with van der Waals surface area (Å²) in [6.07, 6.45) is 1.51. The molecular weight excluding hydrogens is 419 g/mol. The van der Waals surface area contributed by atoms with Crippen molar-refractivity contribution in [1.29, 1.82) is 5.26 Å². The Balaban J connectivity index is 1.81. The molecule has 6 heteroatoms. The molecule has 0 saturated carbocycles. The van der Waals surface area contributed by atoms with E-state index < -0.39 is 5.91 Å². The number of halogens is 2. The number of benzene rings is 3. The van der Waals surface area contributed by atoms with Gasteiger partial charge in [0.05, 0.1) is 0 Å². The molecule has 0 heterocycles. The van der Waals surface area contributed by atoms with Crippen LogP contribution in [0.2, 0.25) is 10.0 Å². The monoisotopic (exact) mass is 436 g/mol. The third-order valence-electron chi connectivity index (χ3n) is 4.38. The number of aryl methyl sites for hydroxylation is 1. The van der Waals surface area contributed by atoms with E-state index in [-0.39, 0.29) is 12.2 Å². The Bertz CT molecular complexity index is 1150. The van der Waals surface area contributed by atoms with Crippen molar-refractivity contribution in [2.75, 3.05) is 5.32 Å². The maximum Gasteiger partial charge on any atom is 0.266 e. The highest BCUT2D eigenvalue weighted by atomic mass is 35.5. The molecule has 0 fully saturated rings. The van der Waals surface area contributed by atoms with Gasteiger partial charge in [-0.15, -0.1) is 0 Å². The van der Waals surface area contributed by atoms with Crippen LogP contribution in [0.5, 0.6) is 5.75 Å². The lowest BCUT2D eigenvalue weighted by molar-refractivity contribution is -0.112. The number of para-hydroxylation sites is 2. The molecule has 4 nitrogen and oxygen atoms in total. The number of hydrogen-bond donors (Lipinski definition) is 1. The van der Waals surface area contributed by atoms with E-state index in [1.54, 1.807) is 36.4 Å². The van der Waals surface area contributed by atoms with E-state index in [9.17, 15) is 10.1 Å². The minimum atomic E-state index is -0.484. The third kappa shape index (κ3) is 5.42. The number of hydrogen-bond acceptors (Lipinski definition) is 3. The molecule has 150 valence electrons. The van der Waals surface area contributed by atoms with Crippen molar-refractivity contribution in [3.8, 4) is 11.8 Å². The zero-order valence-corrected chi connectivity index (χ0v) is 17.7. The van der Waals surface area contributed by atoms with Gasteiger partial charge in [0.15, 0.2) is 0 Å². The summed E-state index contributed by atoms with van der Waals surface area (Å²) >= 11 is 12.1. The van der Waals surface area contributed by atoms with Crippen LogP contribution in [0, 0.1) is 18.3 Å². The molecule has 3 aromatic carbocycles. The van der Waals surface area contributed by atoms with Gasteiger partial charge in [0, 0.05) is 26.9 Å². The van der Waals surface area contributed by atoms with E-state index >= 15 is 0 Å². The largest absolute Gasteiger partial charge is 0.488 e. The van der Waals surface area contributed by atoms with Crippen LogP contribution in [0.4, 0.5) is 5.69 Å². The molecule has 0 radical (unpaired) electrons. The van der Waals surface area contributed by atoms with Gasteiger partial charge in [-0.25, -0.2) is 0 Å². The normalized spacial score (nSPS) is 10.9. The molecule has 0 aromatic heterocycles. The summed E-state index contributed by atoms with van der Waals surface area (Å²) in [6, 6.07) is 21.7. The summed E-state index contributed by atoms with van der Waals surface area (Å²) in [7, 11) is 0. The second kappa shape index (κ2) is 9.98. The molecule has 3 aromatic rings. The SMILES string of the molecule is Cc1ccccc1NC(=O)/C(C#N)=C/c1ccccc1OCc1ccc(Cl)cc1Cl. The Morgan fingerprint density at radius 2 is 1.83 bits per heavy atom. The molecule has 1 amide bonds. The number of nitrogens with zero attached hydrogens (tertiary/aromatic N) is 1. The molecule has 0 aliphatic carbocycles. The number of ether oxygens (including phenoxy) is 1. The highest BCUT2D eigenvalue weighted by Crippen LogP contribution is 2.26. The van der Waals surface area contributed by atoms with E-state index in [2.05, 4.69) is 5.32 Å². The molecule has 0 atom stereocenters. The fourth-order valence-corrected chi connectivity index (χ4v) is 3.20. The summed E-state index contributed by atoms with van der Waals surface area (Å²) in [5.41, 5.74) is 2.92. The van der Waals surface area contributed by atoms with Gasteiger partial charge in [-0.05, 0) is 42.8 Å². The summed E-state index contributed by atoms with van der Waals surface area (Å²) in [6.45, 7) is 2.11. The van der Waals surface area contributed by atoms with E-state index in [0.29, 0.717) is 27.0 Å². The Morgan fingerprint density at radius 3 is 2.57 bits per heavy atom. The quantitative estimate of drug-likeness (QED) is 0.357. The molecule has 1 N–H and O–H groups in total. The maximum absolute atomic E-state index is 12.6. The summed E-state index contributed by atoms with van der Waals surface area (Å²) in [4.78, 5) is 12.6. The first kappa shape index (κ1) is 21.4. The predicted octanol–water partition coefficient (Wildman–Crippen LogP) is 6.43. The molecular formula is C24H18Cl2N2O2. The molecule has 30 heavy (non-hydrogen) atoms.